The van der Waals surface area contributed by atoms with Crippen LogP contribution in [0.4, 0.5) is 0 Å². The van der Waals surface area contributed by atoms with Crippen molar-refractivity contribution in [3.63, 3.8) is 0 Å². The van der Waals surface area contributed by atoms with Crippen molar-refractivity contribution in [2.45, 2.75) is 52.5 Å². The van der Waals surface area contributed by atoms with E-state index >= 15 is 0 Å². The van der Waals surface area contributed by atoms with Crippen LogP contribution in [-0.4, -0.2) is 41.5 Å². The minimum atomic E-state index is -0.173. The molecule has 1 amide bonds. The smallest absolute Gasteiger partial charge is 0.237 e. The van der Waals surface area contributed by atoms with Crippen molar-refractivity contribution >= 4 is 23.1 Å². The normalized spacial score (nSPS) is 12.4. The Bertz CT molecular complexity index is 259. The van der Waals surface area contributed by atoms with E-state index in [1.54, 1.807) is 0 Å². The van der Waals surface area contributed by atoms with Crippen LogP contribution in [0.5, 0.6) is 0 Å². The summed E-state index contributed by atoms with van der Waals surface area (Å²) in [6.45, 7) is 8.23. The Kier molecular flexibility index (Phi) is 9.87. The lowest BCUT2D eigenvalue weighted by Crippen LogP contribution is -2.48. The van der Waals surface area contributed by atoms with Gasteiger partial charge in [-0.3, -0.25) is 9.69 Å². The molecule has 18 heavy (non-hydrogen) atoms. The van der Waals surface area contributed by atoms with Crippen LogP contribution in [0.2, 0.25) is 0 Å². The SMILES string of the molecule is CCCCCNC(=O)C(C)N(CCC)CC(N)=S. The van der Waals surface area contributed by atoms with E-state index in [2.05, 4.69) is 19.2 Å². The molecule has 1 unspecified atom stereocenters. The predicted octanol–water partition coefficient (Wildman–Crippen LogP) is 1.68. The fourth-order valence-corrected chi connectivity index (χ4v) is 1.96. The molecule has 0 bridgehead atoms. The summed E-state index contributed by atoms with van der Waals surface area (Å²) in [7, 11) is 0. The first-order valence-electron chi connectivity index (χ1n) is 6.82. The van der Waals surface area contributed by atoms with Gasteiger partial charge in [0.1, 0.15) is 0 Å². The number of nitrogens with two attached hydrogens (primary N) is 1. The average Bonchev–Trinajstić information content (AvgIpc) is 2.32. The zero-order chi connectivity index (χ0) is 14.0. The van der Waals surface area contributed by atoms with E-state index in [0.717, 1.165) is 38.8 Å². The van der Waals surface area contributed by atoms with Gasteiger partial charge in [-0.2, -0.15) is 0 Å². The zero-order valence-corrected chi connectivity index (χ0v) is 12.7. The topological polar surface area (TPSA) is 58.4 Å². The number of hydrogen-bond donors (Lipinski definition) is 2. The molecule has 0 aliphatic heterocycles. The molecule has 3 N–H and O–H groups in total. The minimum Gasteiger partial charge on any atom is -0.392 e. The molecule has 106 valence electrons. The van der Waals surface area contributed by atoms with Gasteiger partial charge in [-0.25, -0.2) is 0 Å². The second-order valence-electron chi connectivity index (χ2n) is 4.61. The van der Waals surface area contributed by atoms with Gasteiger partial charge in [-0.05, 0) is 26.3 Å². The largest absolute Gasteiger partial charge is 0.392 e. The van der Waals surface area contributed by atoms with Crippen LogP contribution in [0.1, 0.15) is 46.5 Å². The average molecular weight is 273 g/mol. The van der Waals surface area contributed by atoms with E-state index < -0.39 is 0 Å². The van der Waals surface area contributed by atoms with Gasteiger partial charge in [-0.1, -0.05) is 38.9 Å². The van der Waals surface area contributed by atoms with Gasteiger partial charge in [-0.15, -0.1) is 0 Å². The van der Waals surface area contributed by atoms with Crippen LogP contribution in [-0.2, 0) is 4.79 Å². The van der Waals surface area contributed by atoms with E-state index in [4.69, 9.17) is 18.0 Å². The summed E-state index contributed by atoms with van der Waals surface area (Å²) < 4.78 is 0. The minimum absolute atomic E-state index is 0.0656. The fourth-order valence-electron chi connectivity index (χ4n) is 1.80. The van der Waals surface area contributed by atoms with E-state index in [-0.39, 0.29) is 11.9 Å². The Morgan fingerprint density at radius 2 is 2.00 bits per heavy atom. The Labute approximate surface area is 116 Å². The summed E-state index contributed by atoms with van der Waals surface area (Å²) in [5.41, 5.74) is 5.56. The molecule has 0 aromatic heterocycles. The summed E-state index contributed by atoms with van der Waals surface area (Å²) in [5.74, 6) is 0.0656. The molecule has 5 heteroatoms. The molecule has 0 heterocycles. The number of thiocarbonyl (C=S) groups is 1. The molecule has 0 aromatic carbocycles. The predicted molar refractivity (Wildman–Crippen MR) is 80.6 cm³/mol. The second kappa shape index (κ2) is 10.3. The molecular weight excluding hydrogens is 246 g/mol. The summed E-state index contributed by atoms with van der Waals surface area (Å²) >= 11 is 4.92. The van der Waals surface area contributed by atoms with Gasteiger partial charge in [0.05, 0.1) is 11.0 Å². The highest BCUT2D eigenvalue weighted by molar-refractivity contribution is 7.80. The van der Waals surface area contributed by atoms with Crippen molar-refractivity contribution in [3.8, 4) is 0 Å². The van der Waals surface area contributed by atoms with Crippen molar-refractivity contribution in [3.05, 3.63) is 0 Å². The van der Waals surface area contributed by atoms with E-state index in [1.807, 2.05) is 11.8 Å². The number of nitrogens with zero attached hydrogens (tertiary/aromatic N) is 1. The highest BCUT2D eigenvalue weighted by atomic mass is 32.1. The Hall–Kier alpha value is -0.680. The van der Waals surface area contributed by atoms with Crippen LogP contribution in [0, 0.1) is 0 Å². The van der Waals surface area contributed by atoms with Gasteiger partial charge in [0, 0.05) is 13.1 Å². The van der Waals surface area contributed by atoms with Crippen molar-refractivity contribution in [2.75, 3.05) is 19.6 Å². The first kappa shape index (κ1) is 17.3. The molecule has 4 nitrogen and oxygen atoms in total. The fraction of sp³-hybridized carbons (Fsp3) is 0.846. The Balaban J connectivity index is 4.15. The van der Waals surface area contributed by atoms with Crippen molar-refractivity contribution < 1.29 is 4.79 Å². The van der Waals surface area contributed by atoms with Crippen LogP contribution >= 0.6 is 12.2 Å². The quantitative estimate of drug-likeness (QED) is 0.470. The highest BCUT2D eigenvalue weighted by Gasteiger charge is 2.20. The maximum atomic E-state index is 12.0. The van der Waals surface area contributed by atoms with E-state index in [9.17, 15) is 4.79 Å². The highest BCUT2D eigenvalue weighted by Crippen LogP contribution is 2.01. The lowest BCUT2D eigenvalue weighted by molar-refractivity contribution is -0.125. The Morgan fingerprint density at radius 3 is 2.50 bits per heavy atom. The summed E-state index contributed by atoms with van der Waals surface area (Å²) in [5, 5.41) is 2.96. The first-order chi connectivity index (χ1) is 8.52. The zero-order valence-electron chi connectivity index (χ0n) is 11.9. The number of unbranched alkanes of at least 4 members (excludes halogenated alkanes) is 2. The molecule has 0 aromatic rings. The molecule has 0 fully saturated rings. The van der Waals surface area contributed by atoms with Crippen LogP contribution in [0.3, 0.4) is 0 Å². The van der Waals surface area contributed by atoms with Crippen LogP contribution in [0.15, 0.2) is 0 Å². The number of amides is 1. The maximum Gasteiger partial charge on any atom is 0.237 e. The standard InChI is InChI=1S/C13H27N3OS/c1-4-6-7-8-15-13(17)11(3)16(9-5-2)10-12(14)18/h11H,4-10H2,1-3H3,(H2,14,18)(H,15,17). The molecular formula is C13H27N3OS. The molecule has 0 aliphatic carbocycles. The van der Waals surface area contributed by atoms with Crippen LogP contribution < -0.4 is 11.1 Å². The lowest BCUT2D eigenvalue weighted by atomic mass is 10.2. The van der Waals surface area contributed by atoms with Gasteiger partial charge < -0.3 is 11.1 Å². The van der Waals surface area contributed by atoms with Crippen molar-refractivity contribution in [1.29, 1.82) is 0 Å². The van der Waals surface area contributed by atoms with Crippen LogP contribution in [0.25, 0.3) is 0 Å². The molecule has 0 saturated carbocycles. The van der Waals surface area contributed by atoms with Gasteiger partial charge in [0.2, 0.25) is 5.91 Å². The monoisotopic (exact) mass is 273 g/mol. The second-order valence-corrected chi connectivity index (χ2v) is 5.14. The maximum absolute atomic E-state index is 12.0. The number of hydrogen-bond acceptors (Lipinski definition) is 3. The van der Waals surface area contributed by atoms with Gasteiger partial charge >= 0.3 is 0 Å². The first-order valence-corrected chi connectivity index (χ1v) is 7.23. The number of carbonyl (C=O) groups is 1. The molecule has 0 saturated heterocycles. The third-order valence-electron chi connectivity index (χ3n) is 2.88. The molecule has 0 spiro atoms. The van der Waals surface area contributed by atoms with Crippen molar-refractivity contribution in [1.82, 2.24) is 10.2 Å². The van der Waals surface area contributed by atoms with E-state index in [1.165, 1.54) is 0 Å². The van der Waals surface area contributed by atoms with Gasteiger partial charge in [0.25, 0.3) is 0 Å². The van der Waals surface area contributed by atoms with Crippen molar-refractivity contribution in [2.24, 2.45) is 5.73 Å². The van der Waals surface area contributed by atoms with E-state index in [0.29, 0.717) is 11.5 Å². The third kappa shape index (κ3) is 7.61. The number of nitrogens with one attached hydrogen (secondary N) is 1. The molecule has 1 atom stereocenters. The van der Waals surface area contributed by atoms with Gasteiger partial charge in [0.15, 0.2) is 0 Å². The number of rotatable bonds is 10. The number of carbonyl (C=O) groups excluding carboxylic acids is 1. The third-order valence-corrected chi connectivity index (χ3v) is 3.01. The molecule has 0 aliphatic rings. The lowest BCUT2D eigenvalue weighted by Gasteiger charge is -2.27. The summed E-state index contributed by atoms with van der Waals surface area (Å²) in [4.78, 5) is 14.4. The summed E-state index contributed by atoms with van der Waals surface area (Å²) in [6, 6.07) is -0.173. The molecule has 0 rings (SSSR count). The Morgan fingerprint density at radius 1 is 1.33 bits per heavy atom. The molecule has 0 radical (unpaired) electrons. The summed E-state index contributed by atoms with van der Waals surface area (Å²) in [6.07, 6.45) is 4.34.